The first kappa shape index (κ1) is 20.4. The minimum atomic E-state index is -3.15. The summed E-state index contributed by atoms with van der Waals surface area (Å²) in [5.74, 6) is 1.37. The van der Waals surface area contributed by atoms with E-state index in [2.05, 4.69) is 19.1 Å². The van der Waals surface area contributed by atoms with Crippen LogP contribution in [0.4, 0.5) is 0 Å². The number of unbranched alkanes of at least 4 members (excludes halogenated alkanes) is 2. The maximum atomic E-state index is 12.8. The SMILES string of the molecule is CCCCCSP(=O)(OCC)Oc1ccc(Sc2ccccc2)cc1. The smallest absolute Gasteiger partial charge is 0.417 e. The Balaban J connectivity index is 1.95. The molecule has 6 heteroatoms. The van der Waals surface area contributed by atoms with Gasteiger partial charge in [0.1, 0.15) is 5.75 Å². The molecule has 0 aliphatic carbocycles. The maximum absolute atomic E-state index is 12.8. The van der Waals surface area contributed by atoms with Crippen LogP contribution < -0.4 is 4.52 Å². The molecule has 0 N–H and O–H groups in total. The Bertz CT molecular complexity index is 662. The molecule has 0 saturated heterocycles. The lowest BCUT2D eigenvalue weighted by atomic mass is 10.3. The summed E-state index contributed by atoms with van der Waals surface area (Å²) in [4.78, 5) is 2.29. The van der Waals surface area contributed by atoms with E-state index < -0.39 is 6.80 Å². The van der Waals surface area contributed by atoms with Crippen LogP contribution in [0.25, 0.3) is 0 Å². The zero-order valence-electron chi connectivity index (χ0n) is 14.7. The van der Waals surface area contributed by atoms with Crippen LogP contribution in [-0.2, 0) is 9.09 Å². The van der Waals surface area contributed by atoms with E-state index >= 15 is 0 Å². The van der Waals surface area contributed by atoms with E-state index in [4.69, 9.17) is 9.05 Å². The van der Waals surface area contributed by atoms with Crippen molar-refractivity contribution >= 4 is 29.9 Å². The Labute approximate surface area is 159 Å². The van der Waals surface area contributed by atoms with Crippen molar-refractivity contribution in [3.8, 4) is 5.75 Å². The van der Waals surface area contributed by atoms with E-state index in [0.717, 1.165) is 29.9 Å². The van der Waals surface area contributed by atoms with Crippen molar-refractivity contribution in [1.82, 2.24) is 0 Å². The van der Waals surface area contributed by atoms with Gasteiger partial charge in [0.15, 0.2) is 0 Å². The third kappa shape index (κ3) is 7.49. The highest BCUT2D eigenvalue weighted by molar-refractivity contribution is 8.55. The molecule has 0 amide bonds. The van der Waals surface area contributed by atoms with Crippen LogP contribution in [0.3, 0.4) is 0 Å². The van der Waals surface area contributed by atoms with Gasteiger partial charge in [0, 0.05) is 15.5 Å². The maximum Gasteiger partial charge on any atom is 0.440 e. The summed E-state index contributed by atoms with van der Waals surface area (Å²) in [5.41, 5.74) is 0. The Morgan fingerprint density at radius 3 is 2.24 bits per heavy atom. The summed E-state index contributed by atoms with van der Waals surface area (Å²) in [7, 11) is 0. The normalized spacial score (nSPS) is 13.4. The molecule has 0 aromatic heterocycles. The lowest BCUT2D eigenvalue weighted by molar-refractivity contribution is 0.296. The third-order valence-electron chi connectivity index (χ3n) is 3.30. The van der Waals surface area contributed by atoms with Crippen molar-refractivity contribution < 1.29 is 13.6 Å². The van der Waals surface area contributed by atoms with Gasteiger partial charge in [-0.05, 0) is 61.1 Å². The zero-order valence-corrected chi connectivity index (χ0v) is 17.2. The third-order valence-corrected chi connectivity index (χ3v) is 8.15. The molecule has 136 valence electrons. The van der Waals surface area contributed by atoms with Crippen molar-refractivity contribution in [2.45, 2.75) is 42.9 Å². The Morgan fingerprint density at radius 1 is 0.920 bits per heavy atom. The minimum Gasteiger partial charge on any atom is -0.417 e. The Kier molecular flexibility index (Phi) is 8.97. The fraction of sp³-hybridized carbons (Fsp3) is 0.368. The minimum absolute atomic E-state index is 0.375. The summed E-state index contributed by atoms with van der Waals surface area (Å²) in [6.07, 6.45) is 3.29. The zero-order chi connectivity index (χ0) is 18.0. The highest BCUT2D eigenvalue weighted by Crippen LogP contribution is 2.60. The summed E-state index contributed by atoms with van der Waals surface area (Å²) in [5, 5.41) is 0. The highest BCUT2D eigenvalue weighted by Gasteiger charge is 2.26. The van der Waals surface area contributed by atoms with Crippen LogP contribution in [0.5, 0.6) is 5.75 Å². The Hall–Kier alpha value is -0.870. The van der Waals surface area contributed by atoms with Crippen LogP contribution in [0, 0.1) is 0 Å². The standard InChI is InChI=1S/C19H25O3PS2/c1-3-5-9-16-24-23(20,21-4-2)22-17-12-14-19(15-13-17)25-18-10-7-6-8-11-18/h6-8,10-15H,3-5,9,16H2,1-2H3. The summed E-state index contributed by atoms with van der Waals surface area (Å²) >= 11 is 2.98. The first-order valence-corrected chi connectivity index (χ1v) is 12.5. The predicted octanol–water partition coefficient (Wildman–Crippen LogP) is 7.28. The molecule has 0 aliphatic rings. The quantitative estimate of drug-likeness (QED) is 0.294. The van der Waals surface area contributed by atoms with Gasteiger partial charge in [-0.2, -0.15) is 0 Å². The summed E-state index contributed by atoms with van der Waals surface area (Å²) < 4.78 is 24.0. The number of hydrogen-bond donors (Lipinski definition) is 0. The van der Waals surface area contributed by atoms with E-state index in [0.29, 0.717) is 12.4 Å². The molecule has 0 bridgehead atoms. The first-order valence-electron chi connectivity index (χ1n) is 8.57. The van der Waals surface area contributed by atoms with Crippen LogP contribution in [0.2, 0.25) is 0 Å². The van der Waals surface area contributed by atoms with Crippen molar-refractivity contribution in [2.24, 2.45) is 0 Å². The van der Waals surface area contributed by atoms with Gasteiger partial charge in [0.2, 0.25) is 0 Å². The molecule has 0 spiro atoms. The fourth-order valence-electron chi connectivity index (χ4n) is 2.10. The molecule has 2 rings (SSSR count). The van der Waals surface area contributed by atoms with E-state index in [1.165, 1.54) is 16.3 Å². The molecular weight excluding hydrogens is 371 g/mol. The topological polar surface area (TPSA) is 35.5 Å². The van der Waals surface area contributed by atoms with Crippen molar-refractivity contribution in [1.29, 1.82) is 0 Å². The largest absolute Gasteiger partial charge is 0.440 e. The molecule has 2 aromatic carbocycles. The monoisotopic (exact) mass is 396 g/mol. The van der Waals surface area contributed by atoms with Crippen molar-refractivity contribution in [3.63, 3.8) is 0 Å². The molecule has 0 saturated carbocycles. The second-order valence-electron chi connectivity index (χ2n) is 5.38. The lowest BCUT2D eigenvalue weighted by Crippen LogP contribution is -1.96. The first-order chi connectivity index (χ1) is 12.1. The highest BCUT2D eigenvalue weighted by atomic mass is 32.7. The number of benzene rings is 2. The molecule has 3 nitrogen and oxygen atoms in total. The summed E-state index contributed by atoms with van der Waals surface area (Å²) in [6, 6.07) is 17.9. The van der Waals surface area contributed by atoms with Crippen molar-refractivity contribution in [2.75, 3.05) is 12.4 Å². The molecular formula is C19H25O3PS2. The van der Waals surface area contributed by atoms with Crippen LogP contribution in [-0.4, -0.2) is 12.4 Å². The molecule has 2 aromatic rings. The van der Waals surface area contributed by atoms with Crippen LogP contribution in [0.15, 0.2) is 64.4 Å². The van der Waals surface area contributed by atoms with Gasteiger partial charge in [0.25, 0.3) is 0 Å². The number of hydrogen-bond acceptors (Lipinski definition) is 5. The van der Waals surface area contributed by atoms with Gasteiger partial charge < -0.3 is 4.52 Å². The molecule has 25 heavy (non-hydrogen) atoms. The van der Waals surface area contributed by atoms with Gasteiger partial charge in [0.05, 0.1) is 6.61 Å². The molecule has 1 unspecified atom stereocenters. The molecule has 0 aliphatic heterocycles. The molecule has 1 atom stereocenters. The molecule has 0 radical (unpaired) electrons. The average Bonchev–Trinajstić information content (AvgIpc) is 2.62. The Morgan fingerprint density at radius 2 is 1.60 bits per heavy atom. The predicted molar refractivity (Wildman–Crippen MR) is 109 cm³/mol. The van der Waals surface area contributed by atoms with E-state index in [9.17, 15) is 4.57 Å². The van der Waals surface area contributed by atoms with Crippen LogP contribution >= 0.6 is 29.9 Å². The van der Waals surface area contributed by atoms with E-state index in [1.807, 2.05) is 49.4 Å². The van der Waals surface area contributed by atoms with Gasteiger partial charge >= 0.3 is 6.80 Å². The average molecular weight is 397 g/mol. The van der Waals surface area contributed by atoms with E-state index in [1.54, 1.807) is 11.8 Å². The molecule has 0 fully saturated rings. The van der Waals surface area contributed by atoms with Gasteiger partial charge in [-0.3, -0.25) is 4.52 Å². The van der Waals surface area contributed by atoms with Gasteiger partial charge in [-0.1, -0.05) is 49.7 Å². The van der Waals surface area contributed by atoms with Gasteiger partial charge in [-0.15, -0.1) is 0 Å². The van der Waals surface area contributed by atoms with E-state index in [-0.39, 0.29) is 0 Å². The summed E-state index contributed by atoms with van der Waals surface area (Å²) in [6.45, 7) is 1.21. The van der Waals surface area contributed by atoms with Crippen LogP contribution in [0.1, 0.15) is 33.1 Å². The van der Waals surface area contributed by atoms with Gasteiger partial charge in [-0.25, -0.2) is 4.57 Å². The second-order valence-corrected chi connectivity index (χ2v) is 10.6. The second kappa shape index (κ2) is 11.0. The lowest BCUT2D eigenvalue weighted by Gasteiger charge is -2.17. The fourth-order valence-corrected chi connectivity index (χ4v) is 6.38. The number of rotatable bonds is 11. The van der Waals surface area contributed by atoms with Crippen molar-refractivity contribution in [3.05, 3.63) is 54.6 Å². The molecule has 0 heterocycles.